The van der Waals surface area contributed by atoms with Crippen molar-refractivity contribution >= 4 is 0 Å². The summed E-state index contributed by atoms with van der Waals surface area (Å²) in [6.07, 6.45) is 0. The minimum absolute atomic E-state index is 0.492. The highest BCUT2D eigenvalue weighted by Gasteiger charge is 2.11. The Morgan fingerprint density at radius 1 is 1.00 bits per heavy atom. The number of hydrogen-bond donors (Lipinski definition) is 0. The van der Waals surface area contributed by atoms with Crippen molar-refractivity contribution in [3.63, 3.8) is 0 Å². The second kappa shape index (κ2) is 5.66. The Morgan fingerprint density at radius 2 is 1.70 bits per heavy atom. The zero-order valence-electron chi connectivity index (χ0n) is 12.2. The van der Waals surface area contributed by atoms with Gasteiger partial charge in [0.05, 0.1) is 12.7 Å². The van der Waals surface area contributed by atoms with Crippen molar-refractivity contribution in [3.8, 4) is 23.3 Å². The van der Waals surface area contributed by atoms with Gasteiger partial charge in [-0.3, -0.25) is 0 Å². The lowest BCUT2D eigenvalue weighted by Gasteiger charge is -2.15. The van der Waals surface area contributed by atoms with Crippen LogP contribution in [0.3, 0.4) is 0 Å². The first kappa shape index (κ1) is 14.0. The van der Waals surface area contributed by atoms with Gasteiger partial charge in [0.2, 0.25) is 0 Å². The van der Waals surface area contributed by atoms with Crippen LogP contribution in [0.5, 0.6) is 17.2 Å². The summed E-state index contributed by atoms with van der Waals surface area (Å²) >= 11 is 0. The first-order valence-electron chi connectivity index (χ1n) is 6.39. The number of methoxy groups -OCH3 is 1. The van der Waals surface area contributed by atoms with Crippen molar-refractivity contribution in [2.75, 3.05) is 7.11 Å². The molecule has 2 rings (SSSR count). The zero-order chi connectivity index (χ0) is 14.7. The highest BCUT2D eigenvalue weighted by molar-refractivity contribution is 5.52. The number of hydrogen-bond acceptors (Lipinski definition) is 3. The van der Waals surface area contributed by atoms with Gasteiger partial charge in [-0.15, -0.1) is 0 Å². The maximum Gasteiger partial charge on any atom is 0.148 e. The molecule has 2 aromatic rings. The summed E-state index contributed by atoms with van der Waals surface area (Å²) in [6.45, 7) is 6.05. The van der Waals surface area contributed by atoms with Gasteiger partial charge in [0.1, 0.15) is 23.3 Å². The maximum absolute atomic E-state index is 9.18. The first-order chi connectivity index (χ1) is 9.56. The molecule has 0 saturated heterocycles. The summed E-state index contributed by atoms with van der Waals surface area (Å²) in [6, 6.07) is 11.4. The van der Waals surface area contributed by atoms with E-state index >= 15 is 0 Å². The van der Waals surface area contributed by atoms with Crippen LogP contribution in [0.2, 0.25) is 0 Å². The van der Waals surface area contributed by atoms with Gasteiger partial charge in [0.25, 0.3) is 0 Å². The predicted molar refractivity (Wildman–Crippen MR) is 78.4 cm³/mol. The minimum Gasteiger partial charge on any atom is -0.497 e. The first-order valence-corrected chi connectivity index (χ1v) is 6.39. The fraction of sp³-hybridized carbons (Fsp3) is 0.235. The van der Waals surface area contributed by atoms with E-state index in [2.05, 4.69) is 12.1 Å². The Morgan fingerprint density at radius 3 is 2.35 bits per heavy atom. The molecule has 0 N–H and O–H groups in total. The lowest BCUT2D eigenvalue weighted by molar-refractivity contribution is 0.408. The molecule has 0 amide bonds. The molecule has 0 bridgehead atoms. The molecule has 0 aliphatic heterocycles. The van der Waals surface area contributed by atoms with Crippen LogP contribution >= 0.6 is 0 Å². The predicted octanol–water partition coefficient (Wildman–Crippen LogP) is 4.28. The Kier molecular flexibility index (Phi) is 3.95. The van der Waals surface area contributed by atoms with Crippen molar-refractivity contribution in [3.05, 3.63) is 52.6 Å². The van der Waals surface area contributed by atoms with E-state index in [1.807, 2.05) is 26.8 Å². The van der Waals surface area contributed by atoms with Crippen LogP contribution in [0.1, 0.15) is 22.3 Å². The molecule has 0 unspecified atom stereocenters. The number of benzene rings is 2. The van der Waals surface area contributed by atoms with E-state index in [1.54, 1.807) is 25.3 Å². The summed E-state index contributed by atoms with van der Waals surface area (Å²) in [7, 11) is 1.59. The van der Waals surface area contributed by atoms with E-state index in [0.717, 1.165) is 22.4 Å². The molecule has 3 nitrogen and oxygen atoms in total. The molecule has 0 aliphatic rings. The lowest BCUT2D eigenvalue weighted by atomic mass is 10.1. The summed E-state index contributed by atoms with van der Waals surface area (Å²) in [5, 5.41) is 9.18. The fourth-order valence-electron chi connectivity index (χ4n) is 2.00. The van der Waals surface area contributed by atoms with E-state index in [1.165, 1.54) is 0 Å². The van der Waals surface area contributed by atoms with Crippen molar-refractivity contribution in [2.24, 2.45) is 0 Å². The summed E-state index contributed by atoms with van der Waals surface area (Å²) in [5.74, 6) is 1.99. The van der Waals surface area contributed by atoms with E-state index < -0.39 is 0 Å². The molecule has 0 saturated carbocycles. The molecule has 0 radical (unpaired) electrons. The highest BCUT2D eigenvalue weighted by Crippen LogP contribution is 2.34. The second-order valence-electron chi connectivity index (χ2n) is 4.73. The molecule has 0 aromatic heterocycles. The molecular formula is C17H17NO2. The van der Waals surface area contributed by atoms with Crippen LogP contribution < -0.4 is 9.47 Å². The summed E-state index contributed by atoms with van der Waals surface area (Å²) < 4.78 is 11.2. The molecule has 2 aromatic carbocycles. The third-order valence-electron chi connectivity index (χ3n) is 3.39. The Hall–Kier alpha value is -2.47. The molecule has 102 valence electrons. The van der Waals surface area contributed by atoms with Gasteiger partial charge in [-0.2, -0.15) is 5.26 Å². The fourth-order valence-corrected chi connectivity index (χ4v) is 2.00. The van der Waals surface area contributed by atoms with Crippen LogP contribution in [-0.4, -0.2) is 7.11 Å². The third kappa shape index (κ3) is 2.60. The average molecular weight is 267 g/mol. The summed E-state index contributed by atoms with van der Waals surface area (Å²) in [4.78, 5) is 0. The van der Waals surface area contributed by atoms with Crippen LogP contribution in [0.15, 0.2) is 30.3 Å². The standard InChI is InChI=1S/C17H17NO2/c1-11-5-6-12(2)17(13(11)3)20-16-9-15(19-4)8-7-14(16)10-18/h5-9H,1-4H3. The van der Waals surface area contributed by atoms with E-state index in [-0.39, 0.29) is 0 Å². The number of aryl methyl sites for hydroxylation is 2. The normalized spacial score (nSPS) is 9.95. The van der Waals surface area contributed by atoms with Crippen LogP contribution in [0.25, 0.3) is 0 Å². The van der Waals surface area contributed by atoms with E-state index in [0.29, 0.717) is 17.1 Å². The van der Waals surface area contributed by atoms with Crippen molar-refractivity contribution in [1.82, 2.24) is 0 Å². The molecular weight excluding hydrogens is 250 g/mol. The van der Waals surface area contributed by atoms with Gasteiger partial charge in [-0.05, 0) is 49.6 Å². The zero-order valence-corrected chi connectivity index (χ0v) is 12.2. The Labute approximate surface area is 119 Å². The largest absolute Gasteiger partial charge is 0.497 e. The molecule has 3 heteroatoms. The van der Waals surface area contributed by atoms with Crippen LogP contribution in [-0.2, 0) is 0 Å². The molecule has 0 heterocycles. The molecule has 0 fully saturated rings. The second-order valence-corrected chi connectivity index (χ2v) is 4.73. The van der Waals surface area contributed by atoms with Gasteiger partial charge in [-0.1, -0.05) is 12.1 Å². The number of nitrogens with zero attached hydrogens (tertiary/aromatic N) is 1. The SMILES string of the molecule is COc1ccc(C#N)c(Oc2c(C)ccc(C)c2C)c1. The van der Waals surface area contributed by atoms with Crippen molar-refractivity contribution < 1.29 is 9.47 Å². The molecule has 0 aliphatic carbocycles. The van der Waals surface area contributed by atoms with Crippen molar-refractivity contribution in [2.45, 2.75) is 20.8 Å². The van der Waals surface area contributed by atoms with Gasteiger partial charge >= 0.3 is 0 Å². The molecule has 20 heavy (non-hydrogen) atoms. The van der Waals surface area contributed by atoms with Crippen molar-refractivity contribution in [1.29, 1.82) is 5.26 Å². The van der Waals surface area contributed by atoms with Crippen LogP contribution in [0, 0.1) is 32.1 Å². The lowest BCUT2D eigenvalue weighted by Crippen LogP contribution is -1.96. The van der Waals surface area contributed by atoms with Gasteiger partial charge in [0, 0.05) is 6.07 Å². The van der Waals surface area contributed by atoms with Gasteiger partial charge in [0.15, 0.2) is 0 Å². The quantitative estimate of drug-likeness (QED) is 0.833. The van der Waals surface area contributed by atoms with Gasteiger partial charge in [-0.25, -0.2) is 0 Å². The highest BCUT2D eigenvalue weighted by atomic mass is 16.5. The van der Waals surface area contributed by atoms with E-state index in [9.17, 15) is 5.26 Å². The number of ether oxygens (including phenoxy) is 2. The number of rotatable bonds is 3. The molecule has 0 spiro atoms. The molecule has 0 atom stereocenters. The topological polar surface area (TPSA) is 42.2 Å². The minimum atomic E-state index is 0.492. The van der Waals surface area contributed by atoms with Gasteiger partial charge < -0.3 is 9.47 Å². The average Bonchev–Trinajstić information content (AvgIpc) is 2.47. The summed E-state index contributed by atoms with van der Waals surface area (Å²) in [5.41, 5.74) is 3.77. The third-order valence-corrected chi connectivity index (χ3v) is 3.39. The Balaban J connectivity index is 2.50. The van der Waals surface area contributed by atoms with Crippen LogP contribution in [0.4, 0.5) is 0 Å². The maximum atomic E-state index is 9.18. The van der Waals surface area contributed by atoms with E-state index in [4.69, 9.17) is 9.47 Å². The smallest absolute Gasteiger partial charge is 0.148 e. The number of nitriles is 1. The Bertz CT molecular complexity index is 684. The monoisotopic (exact) mass is 267 g/mol.